The maximum atomic E-state index is 12.9. The van der Waals surface area contributed by atoms with Gasteiger partial charge in [-0.05, 0) is 30.3 Å². The highest BCUT2D eigenvalue weighted by Crippen LogP contribution is 2.25. The molecule has 2 N–H and O–H groups in total. The average molecular weight is 397 g/mol. The Morgan fingerprint density at radius 1 is 1.03 bits per heavy atom. The van der Waals surface area contributed by atoms with Gasteiger partial charge < -0.3 is 9.84 Å². The quantitative estimate of drug-likeness (QED) is 0.387. The first-order valence-corrected chi connectivity index (χ1v) is 9.31. The molecule has 4 aromatic rings. The summed E-state index contributed by atoms with van der Waals surface area (Å²) >= 11 is 0. The minimum atomic E-state index is -0.371. The number of benzene rings is 3. The van der Waals surface area contributed by atoms with Crippen LogP contribution in [-0.2, 0) is 0 Å². The van der Waals surface area contributed by atoms with Crippen molar-refractivity contribution in [3.63, 3.8) is 0 Å². The van der Waals surface area contributed by atoms with E-state index >= 15 is 0 Å². The largest absolute Gasteiger partial charge is 0.507 e. The number of nitrogens with zero attached hydrogens (tertiary/aromatic N) is 2. The van der Waals surface area contributed by atoms with E-state index in [0.29, 0.717) is 22.6 Å². The molecule has 1 heterocycles. The van der Waals surface area contributed by atoms with Crippen LogP contribution in [0, 0.1) is 0 Å². The molecule has 6 heteroatoms. The number of ether oxygens (including phenoxy) is 1. The van der Waals surface area contributed by atoms with Gasteiger partial charge in [-0.1, -0.05) is 48.5 Å². The van der Waals surface area contributed by atoms with Crippen LogP contribution < -0.4 is 10.2 Å². The molecule has 3 aromatic carbocycles. The number of amides is 1. The van der Waals surface area contributed by atoms with Crippen LogP contribution in [0.1, 0.15) is 15.9 Å². The van der Waals surface area contributed by atoms with Crippen molar-refractivity contribution >= 4 is 23.0 Å². The summed E-state index contributed by atoms with van der Waals surface area (Å²) in [5.74, 6) is 0.243. The highest BCUT2D eigenvalue weighted by molar-refractivity contribution is 6.07. The van der Waals surface area contributed by atoms with E-state index < -0.39 is 0 Å². The third-order valence-electron chi connectivity index (χ3n) is 4.63. The standard InChI is InChI=1S/C24H19N3O3/c1-30-18-11-12-23(28)17(13-18)15-25-27-24(29)20-14-22(16-7-3-2-4-8-16)26-21-10-6-5-9-19(20)21/h2-15,28H,1H3,(H,27,29)/b25-15-. The zero-order valence-electron chi connectivity index (χ0n) is 16.2. The lowest BCUT2D eigenvalue weighted by molar-refractivity contribution is 0.0956. The maximum Gasteiger partial charge on any atom is 0.272 e. The predicted octanol–water partition coefficient (Wildman–Crippen LogP) is 4.38. The summed E-state index contributed by atoms with van der Waals surface area (Å²) in [5, 5.41) is 14.7. The minimum Gasteiger partial charge on any atom is -0.507 e. The number of hydrogen-bond acceptors (Lipinski definition) is 5. The molecule has 0 aliphatic rings. The van der Waals surface area contributed by atoms with Crippen molar-refractivity contribution in [2.24, 2.45) is 5.10 Å². The Hall–Kier alpha value is -4.19. The molecule has 6 nitrogen and oxygen atoms in total. The Bertz CT molecular complexity index is 1240. The SMILES string of the molecule is COc1ccc(O)c(/C=N\NC(=O)c2cc(-c3ccccc3)nc3ccccc23)c1. The fourth-order valence-corrected chi connectivity index (χ4v) is 3.10. The van der Waals surface area contributed by atoms with E-state index in [-0.39, 0.29) is 11.7 Å². The second-order valence-corrected chi connectivity index (χ2v) is 6.56. The molecule has 30 heavy (non-hydrogen) atoms. The van der Waals surface area contributed by atoms with Crippen LogP contribution in [0.15, 0.2) is 84.0 Å². The number of nitrogens with one attached hydrogen (secondary N) is 1. The Kier molecular flexibility index (Phi) is 5.39. The van der Waals surface area contributed by atoms with E-state index in [2.05, 4.69) is 15.5 Å². The van der Waals surface area contributed by atoms with Crippen molar-refractivity contribution in [3.05, 3.63) is 90.0 Å². The van der Waals surface area contributed by atoms with Gasteiger partial charge in [-0.15, -0.1) is 0 Å². The molecular weight excluding hydrogens is 378 g/mol. The molecule has 0 fully saturated rings. The second-order valence-electron chi connectivity index (χ2n) is 6.56. The van der Waals surface area contributed by atoms with Crippen LogP contribution in [0.4, 0.5) is 0 Å². The predicted molar refractivity (Wildman–Crippen MR) is 117 cm³/mol. The lowest BCUT2D eigenvalue weighted by Crippen LogP contribution is -2.18. The van der Waals surface area contributed by atoms with Gasteiger partial charge in [-0.25, -0.2) is 10.4 Å². The highest BCUT2D eigenvalue weighted by Gasteiger charge is 2.13. The number of pyridine rings is 1. The van der Waals surface area contributed by atoms with Crippen LogP contribution in [0.3, 0.4) is 0 Å². The average Bonchev–Trinajstić information content (AvgIpc) is 2.80. The molecular formula is C24H19N3O3. The van der Waals surface area contributed by atoms with E-state index in [1.165, 1.54) is 19.4 Å². The number of aromatic nitrogens is 1. The van der Waals surface area contributed by atoms with Crippen molar-refractivity contribution in [2.45, 2.75) is 0 Å². The molecule has 0 unspecified atom stereocenters. The van der Waals surface area contributed by atoms with Gasteiger partial charge in [-0.3, -0.25) is 4.79 Å². The smallest absolute Gasteiger partial charge is 0.272 e. The fourth-order valence-electron chi connectivity index (χ4n) is 3.10. The summed E-state index contributed by atoms with van der Waals surface area (Å²) < 4.78 is 5.14. The first-order valence-electron chi connectivity index (χ1n) is 9.31. The summed E-state index contributed by atoms with van der Waals surface area (Å²) in [6.45, 7) is 0. The van der Waals surface area contributed by atoms with Gasteiger partial charge in [-0.2, -0.15) is 5.10 Å². The molecule has 0 saturated carbocycles. The molecule has 0 bridgehead atoms. The number of methoxy groups -OCH3 is 1. The fraction of sp³-hybridized carbons (Fsp3) is 0.0417. The molecule has 0 spiro atoms. The number of fused-ring (bicyclic) bond motifs is 1. The zero-order valence-corrected chi connectivity index (χ0v) is 16.2. The van der Waals surface area contributed by atoms with Gasteiger partial charge in [0.15, 0.2) is 0 Å². The number of phenols is 1. The zero-order chi connectivity index (χ0) is 20.9. The van der Waals surface area contributed by atoms with Crippen molar-refractivity contribution < 1.29 is 14.6 Å². The van der Waals surface area contributed by atoms with Crippen LogP contribution in [0.5, 0.6) is 11.5 Å². The summed E-state index contributed by atoms with van der Waals surface area (Å²) in [5.41, 5.74) is 5.77. The number of phenolic OH excluding ortho intramolecular Hbond substituents is 1. The van der Waals surface area contributed by atoms with E-state index in [0.717, 1.165) is 16.5 Å². The van der Waals surface area contributed by atoms with Gasteiger partial charge in [0.2, 0.25) is 0 Å². The number of carbonyl (C=O) groups excluding carboxylic acids is 1. The Balaban J connectivity index is 1.66. The summed E-state index contributed by atoms with van der Waals surface area (Å²) in [4.78, 5) is 17.6. The molecule has 1 amide bonds. The second kappa shape index (κ2) is 8.45. The molecule has 0 aliphatic heterocycles. The monoisotopic (exact) mass is 397 g/mol. The van der Waals surface area contributed by atoms with Gasteiger partial charge in [0, 0.05) is 16.5 Å². The lowest BCUT2D eigenvalue weighted by Gasteiger charge is -2.09. The Labute approximate surface area is 173 Å². The van der Waals surface area contributed by atoms with Gasteiger partial charge >= 0.3 is 0 Å². The molecule has 0 radical (unpaired) electrons. The number of rotatable bonds is 5. The van der Waals surface area contributed by atoms with Crippen LogP contribution >= 0.6 is 0 Å². The van der Waals surface area contributed by atoms with Crippen molar-refractivity contribution in [1.82, 2.24) is 10.4 Å². The van der Waals surface area contributed by atoms with Crippen molar-refractivity contribution in [1.29, 1.82) is 0 Å². The molecule has 1 aromatic heterocycles. The van der Waals surface area contributed by atoms with E-state index in [1.54, 1.807) is 18.2 Å². The van der Waals surface area contributed by atoms with Gasteiger partial charge in [0.25, 0.3) is 5.91 Å². The topological polar surface area (TPSA) is 83.8 Å². The number of carbonyl (C=O) groups is 1. The normalized spacial score (nSPS) is 11.0. The maximum absolute atomic E-state index is 12.9. The number of hydrazone groups is 1. The van der Waals surface area contributed by atoms with E-state index in [1.807, 2.05) is 54.6 Å². The number of aromatic hydroxyl groups is 1. The molecule has 0 saturated heterocycles. The first kappa shape index (κ1) is 19.1. The molecule has 0 atom stereocenters. The van der Waals surface area contributed by atoms with Crippen molar-refractivity contribution in [2.75, 3.05) is 7.11 Å². The number of para-hydroxylation sites is 1. The summed E-state index contributed by atoms with van der Waals surface area (Å²) in [7, 11) is 1.54. The highest BCUT2D eigenvalue weighted by atomic mass is 16.5. The van der Waals surface area contributed by atoms with Gasteiger partial charge in [0.05, 0.1) is 30.1 Å². The van der Waals surface area contributed by atoms with Crippen LogP contribution in [0.2, 0.25) is 0 Å². The summed E-state index contributed by atoms with van der Waals surface area (Å²) in [6, 6.07) is 23.7. The molecule has 4 rings (SSSR count). The third kappa shape index (κ3) is 3.98. The van der Waals surface area contributed by atoms with Crippen molar-refractivity contribution in [3.8, 4) is 22.8 Å². The molecule has 0 aliphatic carbocycles. The van der Waals surface area contributed by atoms with Gasteiger partial charge in [0.1, 0.15) is 11.5 Å². The van der Waals surface area contributed by atoms with E-state index in [9.17, 15) is 9.90 Å². The van der Waals surface area contributed by atoms with Crippen LogP contribution in [-0.4, -0.2) is 29.3 Å². The first-order chi connectivity index (χ1) is 14.7. The van der Waals surface area contributed by atoms with Crippen LogP contribution in [0.25, 0.3) is 22.2 Å². The number of hydrogen-bond donors (Lipinski definition) is 2. The summed E-state index contributed by atoms with van der Waals surface area (Å²) in [6.07, 6.45) is 1.37. The lowest BCUT2D eigenvalue weighted by atomic mass is 10.0. The third-order valence-corrected chi connectivity index (χ3v) is 4.63. The minimum absolute atomic E-state index is 0.0366. The molecule has 148 valence electrons. The Morgan fingerprint density at radius 3 is 2.60 bits per heavy atom. The van der Waals surface area contributed by atoms with E-state index in [4.69, 9.17) is 4.74 Å². The Morgan fingerprint density at radius 2 is 1.80 bits per heavy atom.